The van der Waals surface area contributed by atoms with E-state index in [1.165, 1.54) is 0 Å². The van der Waals surface area contributed by atoms with Gasteiger partial charge >= 0.3 is 0 Å². The van der Waals surface area contributed by atoms with Crippen molar-refractivity contribution in [2.45, 2.75) is 6.54 Å². The van der Waals surface area contributed by atoms with Gasteiger partial charge in [0.05, 0.1) is 17.1 Å². The minimum atomic E-state index is -0.490. The van der Waals surface area contributed by atoms with Gasteiger partial charge in [-0.2, -0.15) is 0 Å². The number of fused-ring (bicyclic) bond motifs is 1. The normalized spacial score (nSPS) is 10.9. The predicted molar refractivity (Wildman–Crippen MR) is 74.2 cm³/mol. The summed E-state index contributed by atoms with van der Waals surface area (Å²) < 4.78 is 7.05. The molecule has 0 saturated heterocycles. The first-order valence-electron chi connectivity index (χ1n) is 5.89. The van der Waals surface area contributed by atoms with Crippen molar-refractivity contribution in [1.29, 1.82) is 0 Å². The highest BCUT2D eigenvalue weighted by Crippen LogP contribution is 2.25. The van der Waals surface area contributed by atoms with E-state index in [9.17, 15) is 4.79 Å². The molecule has 0 atom stereocenters. The lowest BCUT2D eigenvalue weighted by Crippen LogP contribution is -2.30. The van der Waals surface area contributed by atoms with Crippen molar-refractivity contribution in [3.05, 3.63) is 53.0 Å². The predicted octanol–water partition coefficient (Wildman–Crippen LogP) is 1.93. The van der Waals surface area contributed by atoms with Gasteiger partial charge < -0.3 is 9.09 Å². The molecule has 0 aliphatic rings. The van der Waals surface area contributed by atoms with Gasteiger partial charge in [-0.05, 0) is 12.1 Å². The second-order valence-corrected chi connectivity index (χ2v) is 4.68. The van der Waals surface area contributed by atoms with Crippen LogP contribution in [0.5, 0.6) is 0 Å². The third-order valence-electron chi connectivity index (χ3n) is 2.99. The van der Waals surface area contributed by atoms with Crippen LogP contribution in [0.15, 0.2) is 41.1 Å². The van der Waals surface area contributed by atoms with E-state index >= 15 is 0 Å². The van der Waals surface area contributed by atoms with Crippen molar-refractivity contribution >= 4 is 28.4 Å². The molecule has 2 aromatic heterocycles. The van der Waals surface area contributed by atoms with Gasteiger partial charge in [0.25, 0.3) is 5.91 Å². The van der Waals surface area contributed by atoms with Crippen LogP contribution in [0.2, 0.25) is 5.02 Å². The number of aromatic nitrogens is 2. The topological polar surface area (TPSA) is 86.1 Å². The Morgan fingerprint density at radius 1 is 1.45 bits per heavy atom. The molecular formula is C13H11ClN4O2. The fourth-order valence-corrected chi connectivity index (χ4v) is 2.37. The molecular weight excluding hydrogens is 280 g/mol. The Balaban J connectivity index is 1.93. The Morgan fingerprint density at radius 2 is 2.30 bits per heavy atom. The van der Waals surface area contributed by atoms with Crippen molar-refractivity contribution in [2.24, 2.45) is 5.84 Å². The van der Waals surface area contributed by atoms with Gasteiger partial charge in [0.15, 0.2) is 11.5 Å². The van der Waals surface area contributed by atoms with Gasteiger partial charge in [-0.3, -0.25) is 10.2 Å². The molecule has 0 fully saturated rings. The number of rotatable bonds is 3. The first-order valence-corrected chi connectivity index (χ1v) is 6.27. The summed E-state index contributed by atoms with van der Waals surface area (Å²) in [6.07, 6.45) is 1.90. The van der Waals surface area contributed by atoms with E-state index in [0.29, 0.717) is 17.3 Å². The molecule has 0 spiro atoms. The lowest BCUT2D eigenvalue weighted by Gasteiger charge is -2.03. The molecule has 3 rings (SSSR count). The van der Waals surface area contributed by atoms with Gasteiger partial charge in [0.1, 0.15) is 0 Å². The highest BCUT2D eigenvalue weighted by molar-refractivity contribution is 6.35. The van der Waals surface area contributed by atoms with Crippen LogP contribution >= 0.6 is 11.6 Å². The number of nitrogens with one attached hydrogen (secondary N) is 1. The molecule has 20 heavy (non-hydrogen) atoms. The van der Waals surface area contributed by atoms with Crippen molar-refractivity contribution < 1.29 is 9.32 Å². The number of amides is 1. The van der Waals surface area contributed by atoms with Crippen LogP contribution in [0.3, 0.4) is 0 Å². The number of para-hydroxylation sites is 1. The van der Waals surface area contributed by atoms with E-state index in [-0.39, 0.29) is 5.69 Å². The number of nitrogen functional groups attached to an aromatic ring is 1. The molecule has 0 saturated carbocycles. The first-order chi connectivity index (χ1) is 9.69. The third kappa shape index (κ3) is 2.15. The summed E-state index contributed by atoms with van der Waals surface area (Å²) in [6, 6.07) is 9.21. The molecule has 0 bridgehead atoms. The molecule has 3 N–H and O–H groups in total. The number of nitrogens with two attached hydrogens (primary N) is 1. The number of hydrazine groups is 1. The number of halogens is 1. The van der Waals surface area contributed by atoms with E-state index in [1.54, 1.807) is 6.07 Å². The fraction of sp³-hybridized carbons (Fsp3) is 0.0769. The van der Waals surface area contributed by atoms with E-state index in [2.05, 4.69) is 5.16 Å². The minimum Gasteiger partial charge on any atom is -0.359 e. The molecule has 7 heteroatoms. The number of hydrogen-bond donors (Lipinski definition) is 2. The quantitative estimate of drug-likeness (QED) is 0.438. The van der Waals surface area contributed by atoms with Crippen molar-refractivity contribution in [1.82, 2.24) is 15.1 Å². The molecule has 0 radical (unpaired) electrons. The van der Waals surface area contributed by atoms with E-state index < -0.39 is 5.91 Å². The zero-order chi connectivity index (χ0) is 14.1. The smallest absolute Gasteiger partial charge is 0.287 e. The van der Waals surface area contributed by atoms with Crippen LogP contribution in [-0.4, -0.2) is 15.6 Å². The number of nitrogens with zero attached hydrogens (tertiary/aromatic N) is 2. The lowest BCUT2D eigenvalue weighted by atomic mass is 10.2. The van der Waals surface area contributed by atoms with Gasteiger partial charge in [0, 0.05) is 17.6 Å². The van der Waals surface area contributed by atoms with Crippen LogP contribution in [0.4, 0.5) is 0 Å². The van der Waals surface area contributed by atoms with Crippen molar-refractivity contribution in [3.8, 4) is 0 Å². The summed E-state index contributed by atoms with van der Waals surface area (Å²) in [7, 11) is 0. The highest BCUT2D eigenvalue weighted by Gasteiger charge is 2.12. The van der Waals surface area contributed by atoms with Gasteiger partial charge in [-0.15, -0.1) is 0 Å². The number of carbonyl (C=O) groups is 1. The SMILES string of the molecule is NNC(=O)c1cc(Cn2ccc3cccc(Cl)c32)on1. The molecule has 0 aliphatic carbocycles. The first kappa shape index (κ1) is 12.7. The Kier molecular flexibility index (Phi) is 3.17. The van der Waals surface area contributed by atoms with E-state index in [0.717, 1.165) is 10.9 Å². The summed E-state index contributed by atoms with van der Waals surface area (Å²) in [5.74, 6) is 5.09. The Morgan fingerprint density at radius 3 is 3.10 bits per heavy atom. The van der Waals surface area contributed by atoms with Crippen LogP contribution in [0.1, 0.15) is 16.2 Å². The molecule has 0 unspecified atom stereocenters. The van der Waals surface area contributed by atoms with Gasteiger partial charge in [-0.1, -0.05) is 28.9 Å². The summed E-state index contributed by atoms with van der Waals surface area (Å²) >= 11 is 6.20. The average Bonchev–Trinajstić information content (AvgIpc) is 3.07. The average molecular weight is 291 g/mol. The largest absolute Gasteiger partial charge is 0.359 e. The third-order valence-corrected chi connectivity index (χ3v) is 3.29. The Labute approximate surface area is 119 Å². The van der Waals surface area contributed by atoms with E-state index in [1.807, 2.05) is 40.5 Å². The maximum absolute atomic E-state index is 11.3. The second-order valence-electron chi connectivity index (χ2n) is 4.27. The molecule has 3 aromatic rings. The molecule has 2 heterocycles. The molecule has 102 valence electrons. The molecule has 1 aromatic carbocycles. The van der Waals surface area contributed by atoms with Gasteiger partial charge in [-0.25, -0.2) is 5.84 Å². The zero-order valence-corrected chi connectivity index (χ0v) is 11.1. The highest BCUT2D eigenvalue weighted by atomic mass is 35.5. The van der Waals surface area contributed by atoms with Crippen LogP contribution < -0.4 is 11.3 Å². The monoisotopic (exact) mass is 290 g/mol. The Hall–Kier alpha value is -2.31. The standard InChI is InChI=1S/C13H11ClN4O2/c14-10-3-1-2-8-4-5-18(12(8)10)7-9-6-11(17-20-9)13(19)16-15/h1-6H,7,15H2,(H,16,19). The molecule has 6 nitrogen and oxygen atoms in total. The van der Waals surface area contributed by atoms with Crippen molar-refractivity contribution in [3.63, 3.8) is 0 Å². The summed E-state index contributed by atoms with van der Waals surface area (Å²) in [6.45, 7) is 0.429. The van der Waals surface area contributed by atoms with Gasteiger partial charge in [0.2, 0.25) is 0 Å². The Bertz CT molecular complexity index is 778. The second kappa shape index (κ2) is 4.99. The zero-order valence-electron chi connectivity index (χ0n) is 10.3. The number of benzene rings is 1. The maximum Gasteiger partial charge on any atom is 0.287 e. The van der Waals surface area contributed by atoms with Crippen LogP contribution in [0.25, 0.3) is 10.9 Å². The summed E-state index contributed by atoms with van der Waals surface area (Å²) in [4.78, 5) is 11.3. The molecule has 1 amide bonds. The number of hydrogen-bond acceptors (Lipinski definition) is 4. The van der Waals surface area contributed by atoms with Crippen molar-refractivity contribution in [2.75, 3.05) is 0 Å². The fourth-order valence-electron chi connectivity index (χ4n) is 2.08. The van der Waals surface area contributed by atoms with Crippen LogP contribution in [-0.2, 0) is 6.54 Å². The number of carbonyl (C=O) groups excluding carboxylic acids is 1. The summed E-state index contributed by atoms with van der Waals surface area (Å²) in [5.41, 5.74) is 3.06. The lowest BCUT2D eigenvalue weighted by molar-refractivity contribution is 0.0944. The minimum absolute atomic E-state index is 0.144. The maximum atomic E-state index is 11.3. The summed E-state index contributed by atoms with van der Waals surface area (Å²) in [5, 5.41) is 5.35. The molecule has 0 aliphatic heterocycles. The van der Waals surface area contributed by atoms with E-state index in [4.69, 9.17) is 22.0 Å². The van der Waals surface area contributed by atoms with Crippen LogP contribution in [0, 0.1) is 0 Å².